The monoisotopic (exact) mass is 256 g/mol. The van der Waals surface area contributed by atoms with Crippen LogP contribution in [0.2, 0.25) is 0 Å². The van der Waals surface area contributed by atoms with E-state index in [1.54, 1.807) is 0 Å². The summed E-state index contributed by atoms with van der Waals surface area (Å²) in [4.78, 5) is 0.195. The van der Waals surface area contributed by atoms with Gasteiger partial charge >= 0.3 is 0 Å². The number of hydrogen-bond acceptors (Lipinski definition) is 3. The highest BCUT2D eigenvalue weighted by Gasteiger charge is 2.26. The van der Waals surface area contributed by atoms with Crippen molar-refractivity contribution in [1.82, 2.24) is 0 Å². The van der Waals surface area contributed by atoms with Crippen molar-refractivity contribution in [1.29, 1.82) is 0 Å². The fraction of sp³-hybridized carbons (Fsp3) is 1.00. The van der Waals surface area contributed by atoms with Crippen LogP contribution in [0.3, 0.4) is 0 Å². The van der Waals surface area contributed by atoms with Crippen LogP contribution in [0.1, 0.15) is 25.7 Å². The van der Waals surface area contributed by atoms with Crippen LogP contribution in [0.5, 0.6) is 0 Å². The SMILES string of the molecule is CS(=O)(=O)O[C@@H]1CCCC[C@@H]1Br. The summed E-state index contributed by atoms with van der Waals surface area (Å²) in [6, 6.07) is 0. The lowest BCUT2D eigenvalue weighted by atomic mass is 9.98. The lowest BCUT2D eigenvalue weighted by Crippen LogP contribution is -2.29. The van der Waals surface area contributed by atoms with E-state index in [4.69, 9.17) is 4.18 Å². The molecule has 5 heteroatoms. The number of alkyl halides is 1. The zero-order chi connectivity index (χ0) is 9.19. The van der Waals surface area contributed by atoms with Crippen molar-refractivity contribution in [3.63, 3.8) is 0 Å². The Kier molecular flexibility index (Phi) is 3.55. The van der Waals surface area contributed by atoms with Crippen molar-refractivity contribution in [2.45, 2.75) is 36.6 Å². The Morgan fingerprint density at radius 3 is 2.42 bits per heavy atom. The highest BCUT2D eigenvalue weighted by atomic mass is 79.9. The first-order chi connectivity index (χ1) is 5.49. The maximum absolute atomic E-state index is 10.8. The first-order valence-electron chi connectivity index (χ1n) is 4.01. The van der Waals surface area contributed by atoms with Crippen LogP contribution in [-0.2, 0) is 14.3 Å². The molecule has 1 rings (SSSR count). The zero-order valence-corrected chi connectivity index (χ0v) is 9.40. The molecular formula is C7H13BrO3S. The molecule has 1 fully saturated rings. The molecule has 1 saturated carbocycles. The van der Waals surface area contributed by atoms with Crippen LogP contribution >= 0.6 is 15.9 Å². The summed E-state index contributed by atoms with van der Waals surface area (Å²) in [7, 11) is -3.29. The topological polar surface area (TPSA) is 43.4 Å². The molecule has 1 aliphatic rings. The molecule has 2 atom stereocenters. The van der Waals surface area contributed by atoms with E-state index in [1.165, 1.54) is 0 Å². The predicted octanol–water partition coefficient (Wildman–Crippen LogP) is 1.67. The molecule has 72 valence electrons. The Hall–Kier alpha value is 0.390. The molecule has 1 aliphatic carbocycles. The van der Waals surface area contributed by atoms with Crippen molar-refractivity contribution in [3.05, 3.63) is 0 Å². The first kappa shape index (κ1) is 10.5. The number of halogens is 1. The molecule has 0 unspecified atom stereocenters. The van der Waals surface area contributed by atoms with Gasteiger partial charge < -0.3 is 0 Å². The Bertz CT molecular complexity index is 237. The lowest BCUT2D eigenvalue weighted by molar-refractivity contribution is 0.173. The molecule has 0 aliphatic heterocycles. The normalized spacial score (nSPS) is 31.8. The van der Waals surface area contributed by atoms with Gasteiger partial charge in [0.2, 0.25) is 0 Å². The highest BCUT2D eigenvalue weighted by Crippen LogP contribution is 2.27. The standard InChI is InChI=1S/C7H13BrO3S/c1-12(9,10)11-7-5-3-2-4-6(7)8/h6-7H,2-5H2,1H3/t6-,7+/m0/s1. The van der Waals surface area contributed by atoms with Gasteiger partial charge in [0.25, 0.3) is 10.1 Å². The quantitative estimate of drug-likeness (QED) is 0.558. The Balaban J connectivity index is 2.50. The fourth-order valence-electron chi connectivity index (χ4n) is 1.38. The molecule has 0 radical (unpaired) electrons. The van der Waals surface area contributed by atoms with Gasteiger partial charge in [0.05, 0.1) is 12.4 Å². The molecule has 0 amide bonds. The molecule has 12 heavy (non-hydrogen) atoms. The molecule has 0 aromatic heterocycles. The van der Waals surface area contributed by atoms with Crippen LogP contribution < -0.4 is 0 Å². The minimum atomic E-state index is -3.29. The van der Waals surface area contributed by atoms with Gasteiger partial charge in [-0.2, -0.15) is 8.42 Å². The van der Waals surface area contributed by atoms with E-state index in [9.17, 15) is 8.42 Å². The maximum Gasteiger partial charge on any atom is 0.264 e. The van der Waals surface area contributed by atoms with E-state index in [0.29, 0.717) is 0 Å². The third-order valence-electron chi connectivity index (χ3n) is 1.92. The van der Waals surface area contributed by atoms with Crippen LogP contribution in [0.25, 0.3) is 0 Å². The molecule has 3 nitrogen and oxygen atoms in total. The lowest BCUT2D eigenvalue weighted by Gasteiger charge is -2.25. The highest BCUT2D eigenvalue weighted by molar-refractivity contribution is 9.09. The molecule has 0 heterocycles. The van der Waals surface area contributed by atoms with E-state index in [0.717, 1.165) is 31.9 Å². The minimum Gasteiger partial charge on any atom is -0.266 e. The first-order valence-corrected chi connectivity index (χ1v) is 6.74. The van der Waals surface area contributed by atoms with Crippen molar-refractivity contribution in [3.8, 4) is 0 Å². The molecule has 0 aromatic rings. The van der Waals surface area contributed by atoms with Gasteiger partial charge in [0.15, 0.2) is 0 Å². The van der Waals surface area contributed by atoms with E-state index >= 15 is 0 Å². The van der Waals surface area contributed by atoms with Crippen molar-refractivity contribution < 1.29 is 12.6 Å². The molecular weight excluding hydrogens is 244 g/mol. The summed E-state index contributed by atoms with van der Waals surface area (Å²) in [6.07, 6.45) is 4.99. The Morgan fingerprint density at radius 1 is 1.33 bits per heavy atom. The van der Waals surface area contributed by atoms with E-state index in [2.05, 4.69) is 15.9 Å². The third-order valence-corrected chi connectivity index (χ3v) is 3.56. The molecule has 0 N–H and O–H groups in total. The van der Waals surface area contributed by atoms with Crippen LogP contribution in [0, 0.1) is 0 Å². The van der Waals surface area contributed by atoms with E-state index in [-0.39, 0.29) is 10.9 Å². The zero-order valence-electron chi connectivity index (χ0n) is 6.99. The third kappa shape index (κ3) is 3.41. The van der Waals surface area contributed by atoms with Gasteiger partial charge in [-0.05, 0) is 12.8 Å². The van der Waals surface area contributed by atoms with Crippen LogP contribution in [0.4, 0.5) is 0 Å². The summed E-state index contributed by atoms with van der Waals surface area (Å²) in [5.74, 6) is 0. The van der Waals surface area contributed by atoms with E-state index < -0.39 is 10.1 Å². The van der Waals surface area contributed by atoms with Gasteiger partial charge in [-0.25, -0.2) is 0 Å². The average molecular weight is 257 g/mol. The average Bonchev–Trinajstić information content (AvgIpc) is 1.91. The Morgan fingerprint density at radius 2 is 1.92 bits per heavy atom. The Labute approximate surface area is 81.7 Å². The van der Waals surface area contributed by atoms with Gasteiger partial charge in [-0.1, -0.05) is 28.8 Å². The van der Waals surface area contributed by atoms with Crippen LogP contribution in [0.15, 0.2) is 0 Å². The summed E-state index contributed by atoms with van der Waals surface area (Å²) in [5, 5.41) is 0. The van der Waals surface area contributed by atoms with Crippen LogP contribution in [-0.4, -0.2) is 25.6 Å². The number of rotatable bonds is 2. The summed E-state index contributed by atoms with van der Waals surface area (Å²) < 4.78 is 26.5. The fourth-order valence-corrected chi connectivity index (χ4v) is 2.90. The van der Waals surface area contributed by atoms with Crippen molar-refractivity contribution >= 4 is 26.0 Å². The molecule has 0 aromatic carbocycles. The second kappa shape index (κ2) is 4.07. The summed E-state index contributed by atoms with van der Waals surface area (Å²) in [5.41, 5.74) is 0. The van der Waals surface area contributed by atoms with E-state index in [1.807, 2.05) is 0 Å². The molecule has 0 saturated heterocycles. The van der Waals surface area contributed by atoms with Crippen molar-refractivity contribution in [2.24, 2.45) is 0 Å². The second-order valence-corrected chi connectivity index (χ2v) is 5.92. The number of hydrogen-bond donors (Lipinski definition) is 0. The largest absolute Gasteiger partial charge is 0.266 e. The maximum atomic E-state index is 10.8. The summed E-state index contributed by atoms with van der Waals surface area (Å²) >= 11 is 3.42. The second-order valence-electron chi connectivity index (χ2n) is 3.14. The smallest absolute Gasteiger partial charge is 0.264 e. The molecule has 0 spiro atoms. The van der Waals surface area contributed by atoms with Crippen molar-refractivity contribution in [2.75, 3.05) is 6.26 Å². The minimum absolute atomic E-state index is 0.159. The van der Waals surface area contributed by atoms with Gasteiger partial charge in [-0.15, -0.1) is 0 Å². The summed E-state index contributed by atoms with van der Waals surface area (Å²) in [6.45, 7) is 0. The predicted molar refractivity (Wildman–Crippen MR) is 50.9 cm³/mol. The van der Waals surface area contributed by atoms with Gasteiger partial charge in [-0.3, -0.25) is 4.18 Å². The van der Waals surface area contributed by atoms with Gasteiger partial charge in [0, 0.05) is 4.83 Å². The van der Waals surface area contributed by atoms with Gasteiger partial charge in [0.1, 0.15) is 0 Å². The molecule has 0 bridgehead atoms.